The van der Waals surface area contributed by atoms with E-state index in [0.29, 0.717) is 0 Å². The third kappa shape index (κ3) is 4.34. The van der Waals surface area contributed by atoms with Crippen LogP contribution in [0, 0.1) is 10.1 Å². The molecular weight excluding hydrogens is 425 g/mol. The minimum atomic E-state index is -1.98. The normalized spacial score (nSPS) is 11.9. The summed E-state index contributed by atoms with van der Waals surface area (Å²) in [5.74, 6) is 0. The van der Waals surface area contributed by atoms with Crippen LogP contribution >= 0.6 is 7.26 Å². The molecule has 0 bridgehead atoms. The molecule has 0 radical (unpaired) electrons. The van der Waals surface area contributed by atoms with Crippen LogP contribution < -0.4 is 15.9 Å². The topological polar surface area (TPSA) is 43.1 Å². The highest BCUT2D eigenvalue weighted by molar-refractivity contribution is 7.95. The van der Waals surface area contributed by atoms with Gasteiger partial charge in [0, 0.05) is 17.2 Å². The maximum absolute atomic E-state index is 12.0. The van der Waals surface area contributed by atoms with Gasteiger partial charge >= 0.3 is 0 Å². The first-order chi connectivity index (χ1) is 15.7. The molecular formula is C29H29NO2P+. The van der Waals surface area contributed by atoms with Crippen LogP contribution in [-0.2, 0) is 5.41 Å². The highest BCUT2D eigenvalue weighted by atomic mass is 31.2. The van der Waals surface area contributed by atoms with Gasteiger partial charge in [-0.15, -0.1) is 0 Å². The number of benzene rings is 4. The van der Waals surface area contributed by atoms with Gasteiger partial charge < -0.3 is 0 Å². The van der Waals surface area contributed by atoms with Gasteiger partial charge in [-0.25, -0.2) is 0 Å². The molecule has 0 unspecified atom stereocenters. The fourth-order valence-electron chi connectivity index (χ4n) is 4.47. The first-order valence-corrected chi connectivity index (χ1v) is 13.3. The fraction of sp³-hybridized carbons (Fsp3) is 0.172. The summed E-state index contributed by atoms with van der Waals surface area (Å²) in [6.07, 6.45) is 0. The van der Waals surface area contributed by atoms with Gasteiger partial charge in [0.25, 0.3) is 5.69 Å². The summed E-state index contributed by atoms with van der Waals surface area (Å²) in [5, 5.41) is 15.8. The second kappa shape index (κ2) is 8.92. The van der Waals surface area contributed by atoms with Gasteiger partial charge in [-0.2, -0.15) is 0 Å². The Kier molecular flexibility index (Phi) is 6.19. The number of nitro groups is 1. The Morgan fingerprint density at radius 3 is 1.76 bits per heavy atom. The van der Waals surface area contributed by atoms with Gasteiger partial charge in [0.1, 0.15) is 23.2 Å². The predicted octanol–water partition coefficient (Wildman–Crippen LogP) is 6.48. The molecule has 3 nitrogen and oxygen atoms in total. The molecule has 0 aliphatic rings. The van der Waals surface area contributed by atoms with Crippen molar-refractivity contribution in [1.29, 1.82) is 0 Å². The van der Waals surface area contributed by atoms with E-state index in [1.54, 1.807) is 6.07 Å². The van der Waals surface area contributed by atoms with E-state index in [1.165, 1.54) is 15.9 Å². The molecule has 0 heterocycles. The summed E-state index contributed by atoms with van der Waals surface area (Å²) in [6, 6.07) is 35.3. The van der Waals surface area contributed by atoms with E-state index < -0.39 is 7.26 Å². The van der Waals surface area contributed by atoms with Crippen molar-refractivity contribution >= 4 is 28.9 Å². The smallest absolute Gasteiger partial charge is 0.258 e. The molecule has 4 rings (SSSR count). The minimum Gasteiger partial charge on any atom is -0.258 e. The first-order valence-electron chi connectivity index (χ1n) is 11.1. The largest absolute Gasteiger partial charge is 0.273 e. The molecule has 0 atom stereocenters. The quantitative estimate of drug-likeness (QED) is 0.197. The zero-order valence-corrected chi connectivity index (χ0v) is 20.4. The summed E-state index contributed by atoms with van der Waals surface area (Å²) < 4.78 is 0. The number of hydrogen-bond donors (Lipinski definition) is 0. The van der Waals surface area contributed by atoms with Gasteiger partial charge in [0.2, 0.25) is 0 Å². The number of hydrogen-bond acceptors (Lipinski definition) is 2. The monoisotopic (exact) mass is 454 g/mol. The second-order valence-corrected chi connectivity index (χ2v) is 13.0. The summed E-state index contributed by atoms with van der Waals surface area (Å²) in [4.78, 5) is 11.7. The van der Waals surface area contributed by atoms with Crippen molar-refractivity contribution in [2.75, 3.05) is 6.66 Å². The van der Waals surface area contributed by atoms with Gasteiger partial charge in [0.05, 0.1) is 11.6 Å². The predicted molar refractivity (Wildman–Crippen MR) is 142 cm³/mol. The molecule has 0 N–H and O–H groups in total. The van der Waals surface area contributed by atoms with Crippen LogP contribution in [0.25, 0.3) is 11.1 Å². The van der Waals surface area contributed by atoms with Crippen LogP contribution in [0.15, 0.2) is 103 Å². The Morgan fingerprint density at radius 1 is 0.727 bits per heavy atom. The van der Waals surface area contributed by atoms with E-state index in [-0.39, 0.29) is 16.0 Å². The third-order valence-corrected chi connectivity index (χ3v) is 10.3. The Morgan fingerprint density at radius 2 is 1.24 bits per heavy atom. The maximum atomic E-state index is 12.0. The lowest BCUT2D eigenvalue weighted by Gasteiger charge is -2.26. The van der Waals surface area contributed by atoms with Crippen molar-refractivity contribution in [1.82, 2.24) is 0 Å². The van der Waals surface area contributed by atoms with Crippen molar-refractivity contribution in [3.05, 3.63) is 119 Å². The zero-order valence-electron chi connectivity index (χ0n) is 19.5. The van der Waals surface area contributed by atoms with Gasteiger partial charge in [-0.1, -0.05) is 87.5 Å². The Bertz CT molecular complexity index is 1240. The lowest BCUT2D eigenvalue weighted by molar-refractivity contribution is -0.385. The summed E-state index contributed by atoms with van der Waals surface area (Å²) in [6.45, 7) is 8.37. The standard InChI is InChI=1S/C29H29NO2P/c1-29(2,3)26-20-19-22(21-27(26)30(31)32)25-17-11-12-18-28(25)33(4,23-13-7-5-8-14-23)24-15-9-6-10-16-24/h5-21H,1-4H3/q+1. The van der Waals surface area contributed by atoms with Gasteiger partial charge in [-0.3, -0.25) is 10.1 Å². The minimum absolute atomic E-state index is 0.175. The molecule has 0 aromatic heterocycles. The lowest BCUT2D eigenvalue weighted by Crippen LogP contribution is -2.31. The maximum Gasteiger partial charge on any atom is 0.273 e. The van der Waals surface area contributed by atoms with E-state index in [1.807, 2.05) is 51.1 Å². The summed E-state index contributed by atoms with van der Waals surface area (Å²) >= 11 is 0. The Hall–Kier alpha value is -3.29. The molecule has 0 aliphatic heterocycles. The van der Waals surface area contributed by atoms with Crippen LogP contribution in [0.4, 0.5) is 5.69 Å². The summed E-state index contributed by atoms with van der Waals surface area (Å²) in [5.41, 5.74) is 2.54. The Balaban J connectivity index is 1.99. The van der Waals surface area contributed by atoms with Crippen molar-refractivity contribution in [3.63, 3.8) is 0 Å². The summed E-state index contributed by atoms with van der Waals surface area (Å²) in [7, 11) is -1.98. The molecule has 166 valence electrons. The molecule has 0 fully saturated rings. The highest BCUT2D eigenvalue weighted by Crippen LogP contribution is 2.53. The number of nitro benzene ring substituents is 1. The highest BCUT2D eigenvalue weighted by Gasteiger charge is 2.42. The van der Waals surface area contributed by atoms with Crippen LogP contribution in [0.5, 0.6) is 0 Å². The van der Waals surface area contributed by atoms with Gasteiger partial charge in [-0.05, 0) is 41.3 Å². The number of nitrogens with zero attached hydrogens (tertiary/aromatic N) is 1. The van der Waals surface area contributed by atoms with Crippen LogP contribution in [0.1, 0.15) is 26.3 Å². The molecule has 4 heteroatoms. The first kappa shape index (κ1) is 22.9. The van der Waals surface area contributed by atoms with Crippen molar-refractivity contribution in [2.45, 2.75) is 26.2 Å². The Labute approximate surface area is 196 Å². The van der Waals surface area contributed by atoms with Crippen molar-refractivity contribution < 1.29 is 4.92 Å². The zero-order chi connectivity index (χ0) is 23.6. The SMILES string of the molecule is CC(C)(C)c1ccc(-c2ccccc2[P+](C)(c2ccccc2)c2ccccc2)cc1[N+](=O)[O-]. The molecule has 0 aliphatic carbocycles. The van der Waals surface area contributed by atoms with E-state index >= 15 is 0 Å². The molecule has 0 amide bonds. The van der Waals surface area contributed by atoms with E-state index in [9.17, 15) is 10.1 Å². The van der Waals surface area contributed by atoms with E-state index in [0.717, 1.165) is 16.7 Å². The van der Waals surface area contributed by atoms with Crippen molar-refractivity contribution in [3.8, 4) is 11.1 Å². The molecule has 0 spiro atoms. The average molecular weight is 455 g/mol. The van der Waals surface area contributed by atoms with Crippen LogP contribution in [-0.4, -0.2) is 11.6 Å². The number of rotatable bonds is 5. The van der Waals surface area contributed by atoms with Crippen LogP contribution in [0.2, 0.25) is 0 Å². The second-order valence-electron chi connectivity index (χ2n) is 9.43. The molecule has 0 saturated carbocycles. The van der Waals surface area contributed by atoms with E-state index in [4.69, 9.17) is 0 Å². The molecule has 4 aromatic carbocycles. The lowest BCUT2D eigenvalue weighted by atomic mass is 9.84. The van der Waals surface area contributed by atoms with Crippen LogP contribution in [0.3, 0.4) is 0 Å². The van der Waals surface area contributed by atoms with Gasteiger partial charge in [0.15, 0.2) is 0 Å². The average Bonchev–Trinajstić information content (AvgIpc) is 2.83. The molecule has 33 heavy (non-hydrogen) atoms. The molecule has 4 aromatic rings. The fourth-order valence-corrected chi connectivity index (χ4v) is 7.93. The third-order valence-electron chi connectivity index (χ3n) is 6.24. The molecule has 0 saturated heterocycles. The van der Waals surface area contributed by atoms with Crippen molar-refractivity contribution in [2.24, 2.45) is 0 Å². The van der Waals surface area contributed by atoms with E-state index in [2.05, 4.69) is 73.4 Å².